The van der Waals surface area contributed by atoms with Gasteiger partial charge < -0.3 is 5.32 Å². The van der Waals surface area contributed by atoms with Crippen molar-refractivity contribution >= 4 is 5.69 Å². The maximum absolute atomic E-state index is 4.05. The molecule has 0 bridgehead atoms. The molecule has 100 valence electrons. The number of aryl methyl sites for hydroxylation is 1. The van der Waals surface area contributed by atoms with Crippen LogP contribution in [-0.2, 0) is 6.54 Å². The lowest BCUT2D eigenvalue weighted by molar-refractivity contribution is 0.328. The molecule has 1 saturated heterocycles. The number of H-pyrrole nitrogens is 1. The summed E-state index contributed by atoms with van der Waals surface area (Å²) >= 11 is 0. The SMILES string of the molecule is Cc1[nH]ncc1NC1CCN(Cc2ccccc2)C1. The van der Waals surface area contributed by atoms with Gasteiger partial charge in [-0.3, -0.25) is 10.00 Å². The Bertz CT molecular complexity index is 520. The second kappa shape index (κ2) is 5.45. The Morgan fingerprint density at radius 2 is 2.21 bits per heavy atom. The van der Waals surface area contributed by atoms with Crippen molar-refractivity contribution in [2.45, 2.75) is 25.9 Å². The van der Waals surface area contributed by atoms with Gasteiger partial charge >= 0.3 is 0 Å². The van der Waals surface area contributed by atoms with Gasteiger partial charge in [0.2, 0.25) is 0 Å². The Balaban J connectivity index is 1.54. The molecule has 0 saturated carbocycles. The summed E-state index contributed by atoms with van der Waals surface area (Å²) < 4.78 is 0. The van der Waals surface area contributed by atoms with Crippen molar-refractivity contribution in [1.82, 2.24) is 15.1 Å². The average Bonchev–Trinajstić information content (AvgIpc) is 3.02. The molecule has 19 heavy (non-hydrogen) atoms. The summed E-state index contributed by atoms with van der Waals surface area (Å²) in [7, 11) is 0. The van der Waals surface area contributed by atoms with Crippen LogP contribution in [0.2, 0.25) is 0 Å². The largest absolute Gasteiger partial charge is 0.378 e. The summed E-state index contributed by atoms with van der Waals surface area (Å²) in [6.07, 6.45) is 3.06. The fraction of sp³-hybridized carbons (Fsp3) is 0.400. The van der Waals surface area contributed by atoms with Gasteiger partial charge in [-0.2, -0.15) is 5.10 Å². The fourth-order valence-electron chi connectivity index (χ4n) is 2.65. The van der Waals surface area contributed by atoms with Gasteiger partial charge in [0, 0.05) is 25.7 Å². The Hall–Kier alpha value is -1.81. The Kier molecular flexibility index (Phi) is 3.51. The van der Waals surface area contributed by atoms with Crippen LogP contribution in [0.1, 0.15) is 17.7 Å². The first-order valence-corrected chi connectivity index (χ1v) is 6.84. The monoisotopic (exact) mass is 256 g/mol. The molecule has 0 radical (unpaired) electrons. The lowest BCUT2D eigenvalue weighted by Crippen LogP contribution is -2.26. The molecule has 1 aliphatic heterocycles. The molecule has 0 amide bonds. The smallest absolute Gasteiger partial charge is 0.0756 e. The zero-order chi connectivity index (χ0) is 13.1. The minimum Gasteiger partial charge on any atom is -0.378 e. The molecule has 4 nitrogen and oxygen atoms in total. The molecular weight excluding hydrogens is 236 g/mol. The van der Waals surface area contributed by atoms with Gasteiger partial charge in [-0.15, -0.1) is 0 Å². The van der Waals surface area contributed by atoms with Crippen LogP contribution in [-0.4, -0.2) is 34.2 Å². The van der Waals surface area contributed by atoms with E-state index in [-0.39, 0.29) is 0 Å². The van der Waals surface area contributed by atoms with E-state index >= 15 is 0 Å². The van der Waals surface area contributed by atoms with Crippen LogP contribution in [0.25, 0.3) is 0 Å². The van der Waals surface area contributed by atoms with Gasteiger partial charge in [-0.25, -0.2) is 0 Å². The van der Waals surface area contributed by atoms with Crippen molar-refractivity contribution in [3.63, 3.8) is 0 Å². The van der Waals surface area contributed by atoms with Gasteiger partial charge in [0.15, 0.2) is 0 Å². The molecule has 2 heterocycles. The van der Waals surface area contributed by atoms with E-state index in [1.54, 1.807) is 0 Å². The van der Waals surface area contributed by atoms with Crippen molar-refractivity contribution in [3.05, 3.63) is 47.8 Å². The van der Waals surface area contributed by atoms with Gasteiger partial charge in [-0.1, -0.05) is 30.3 Å². The molecule has 1 atom stereocenters. The third kappa shape index (κ3) is 2.96. The second-order valence-electron chi connectivity index (χ2n) is 5.26. The first-order chi connectivity index (χ1) is 9.31. The number of nitrogens with one attached hydrogen (secondary N) is 2. The van der Waals surface area contributed by atoms with Crippen LogP contribution in [0.5, 0.6) is 0 Å². The molecular formula is C15H20N4. The molecule has 3 rings (SSSR count). The predicted octanol–water partition coefficient (Wildman–Crippen LogP) is 2.40. The molecule has 2 N–H and O–H groups in total. The van der Waals surface area contributed by atoms with E-state index in [0.29, 0.717) is 6.04 Å². The summed E-state index contributed by atoms with van der Waals surface area (Å²) in [6.45, 7) is 5.35. The van der Waals surface area contributed by atoms with Crippen LogP contribution in [0, 0.1) is 6.92 Å². The zero-order valence-corrected chi connectivity index (χ0v) is 11.3. The number of likely N-dealkylation sites (tertiary alicyclic amines) is 1. The van der Waals surface area contributed by atoms with E-state index in [1.807, 2.05) is 13.1 Å². The molecule has 1 aromatic carbocycles. The molecule has 4 heteroatoms. The molecule has 1 aliphatic rings. The first kappa shape index (κ1) is 12.2. The molecule has 1 fully saturated rings. The Morgan fingerprint density at radius 3 is 2.95 bits per heavy atom. The molecule has 1 unspecified atom stereocenters. The minimum atomic E-state index is 0.528. The summed E-state index contributed by atoms with van der Waals surface area (Å²) in [5.41, 5.74) is 3.63. The highest BCUT2D eigenvalue weighted by Crippen LogP contribution is 2.18. The van der Waals surface area contributed by atoms with Crippen LogP contribution in [0.3, 0.4) is 0 Å². The average molecular weight is 256 g/mol. The molecule has 2 aromatic rings. The minimum absolute atomic E-state index is 0.528. The third-order valence-corrected chi connectivity index (χ3v) is 3.71. The van der Waals surface area contributed by atoms with Gasteiger partial charge in [-0.05, 0) is 18.9 Å². The van der Waals surface area contributed by atoms with Gasteiger partial charge in [0.1, 0.15) is 0 Å². The number of rotatable bonds is 4. The summed E-state index contributed by atoms with van der Waals surface area (Å²) in [5.74, 6) is 0. The van der Waals surface area contributed by atoms with Crippen LogP contribution in [0.15, 0.2) is 36.5 Å². The quantitative estimate of drug-likeness (QED) is 0.883. The summed E-state index contributed by atoms with van der Waals surface area (Å²) in [6, 6.07) is 11.2. The predicted molar refractivity (Wildman–Crippen MR) is 77.1 cm³/mol. The number of hydrogen-bond acceptors (Lipinski definition) is 3. The van der Waals surface area contributed by atoms with Crippen molar-refractivity contribution in [1.29, 1.82) is 0 Å². The maximum Gasteiger partial charge on any atom is 0.0756 e. The maximum atomic E-state index is 4.05. The van der Waals surface area contributed by atoms with E-state index in [1.165, 1.54) is 12.0 Å². The Morgan fingerprint density at radius 1 is 1.37 bits per heavy atom. The second-order valence-corrected chi connectivity index (χ2v) is 5.26. The number of nitrogens with zero attached hydrogens (tertiary/aromatic N) is 2. The lowest BCUT2D eigenvalue weighted by Gasteiger charge is -2.17. The normalized spacial score (nSPS) is 19.7. The van der Waals surface area contributed by atoms with E-state index in [0.717, 1.165) is 31.0 Å². The third-order valence-electron chi connectivity index (χ3n) is 3.71. The molecule has 1 aromatic heterocycles. The van der Waals surface area contributed by atoms with E-state index in [4.69, 9.17) is 0 Å². The number of benzene rings is 1. The summed E-state index contributed by atoms with van der Waals surface area (Å²) in [5, 5.41) is 10.6. The standard InChI is InChI=1S/C15H20N4/c1-12-15(9-16-18-12)17-14-7-8-19(11-14)10-13-5-3-2-4-6-13/h2-6,9,14,17H,7-8,10-11H2,1H3,(H,16,18). The van der Waals surface area contributed by atoms with Crippen molar-refractivity contribution in [2.24, 2.45) is 0 Å². The van der Waals surface area contributed by atoms with Gasteiger partial charge in [0.25, 0.3) is 0 Å². The Labute approximate surface area is 113 Å². The lowest BCUT2D eigenvalue weighted by atomic mass is 10.2. The first-order valence-electron chi connectivity index (χ1n) is 6.84. The van der Waals surface area contributed by atoms with Crippen LogP contribution < -0.4 is 5.32 Å². The topological polar surface area (TPSA) is 44.0 Å². The molecule has 0 aliphatic carbocycles. The van der Waals surface area contributed by atoms with E-state index in [2.05, 4.69) is 50.7 Å². The number of aromatic amines is 1. The number of anilines is 1. The number of hydrogen-bond donors (Lipinski definition) is 2. The van der Waals surface area contributed by atoms with Gasteiger partial charge in [0.05, 0.1) is 17.6 Å². The number of aromatic nitrogens is 2. The highest BCUT2D eigenvalue weighted by atomic mass is 15.2. The van der Waals surface area contributed by atoms with Crippen molar-refractivity contribution < 1.29 is 0 Å². The highest BCUT2D eigenvalue weighted by Gasteiger charge is 2.22. The highest BCUT2D eigenvalue weighted by molar-refractivity contribution is 5.46. The van der Waals surface area contributed by atoms with Crippen molar-refractivity contribution in [3.8, 4) is 0 Å². The van der Waals surface area contributed by atoms with Crippen molar-refractivity contribution in [2.75, 3.05) is 18.4 Å². The zero-order valence-electron chi connectivity index (χ0n) is 11.3. The molecule has 0 spiro atoms. The van der Waals surface area contributed by atoms with Crippen LogP contribution >= 0.6 is 0 Å². The van der Waals surface area contributed by atoms with Crippen LogP contribution in [0.4, 0.5) is 5.69 Å². The fourth-order valence-corrected chi connectivity index (χ4v) is 2.65. The summed E-state index contributed by atoms with van der Waals surface area (Å²) in [4.78, 5) is 2.50. The van der Waals surface area contributed by atoms with E-state index < -0.39 is 0 Å². The van der Waals surface area contributed by atoms with E-state index in [9.17, 15) is 0 Å².